The Morgan fingerprint density at radius 1 is 0.976 bits per heavy atom. The first kappa shape index (κ1) is 28.4. The van der Waals surface area contributed by atoms with Gasteiger partial charge in [0.15, 0.2) is 5.69 Å². The molecule has 0 aliphatic rings. The number of hydrogen-bond donors (Lipinski definition) is 1. The molecule has 5 rings (SSSR count). The van der Waals surface area contributed by atoms with Crippen molar-refractivity contribution in [1.29, 1.82) is 0 Å². The summed E-state index contributed by atoms with van der Waals surface area (Å²) in [4.78, 5) is 34.2. The predicted octanol–water partition coefficient (Wildman–Crippen LogP) is 6.47. The molecule has 0 spiro atoms. The smallest absolute Gasteiger partial charge is 0.328 e. The first-order valence-corrected chi connectivity index (χ1v) is 13.9. The molecule has 0 bridgehead atoms. The lowest BCUT2D eigenvalue weighted by molar-refractivity contribution is -0.143. The van der Waals surface area contributed by atoms with Crippen molar-refractivity contribution in [2.75, 3.05) is 7.11 Å². The minimum absolute atomic E-state index is 0.189. The predicted molar refractivity (Wildman–Crippen MR) is 163 cm³/mol. The van der Waals surface area contributed by atoms with Gasteiger partial charge in [-0.1, -0.05) is 80.6 Å². The van der Waals surface area contributed by atoms with Crippen LogP contribution in [-0.4, -0.2) is 39.1 Å². The SMILES string of the molecule is [C-]#[N+]c1ccc(Cn2cncc2Cn2cc(C(=O)NC(CC(C)C)C(=O)OC)c(-c3cccc4ccccc34)c2)cc1. The summed E-state index contributed by atoms with van der Waals surface area (Å²) in [6.07, 6.45) is 7.89. The summed E-state index contributed by atoms with van der Waals surface area (Å²) in [5.74, 6) is -0.605. The number of benzene rings is 3. The first-order valence-electron chi connectivity index (χ1n) is 13.9. The van der Waals surface area contributed by atoms with E-state index in [0.29, 0.717) is 30.8 Å². The van der Waals surface area contributed by atoms with Crippen molar-refractivity contribution in [1.82, 2.24) is 19.4 Å². The molecular weight excluding hydrogens is 526 g/mol. The van der Waals surface area contributed by atoms with Crippen molar-refractivity contribution >= 4 is 28.3 Å². The van der Waals surface area contributed by atoms with Crippen LogP contribution in [0.25, 0.3) is 26.7 Å². The molecule has 0 saturated carbocycles. The molecule has 0 saturated heterocycles. The Kier molecular flexibility index (Phi) is 8.49. The molecule has 42 heavy (non-hydrogen) atoms. The van der Waals surface area contributed by atoms with Gasteiger partial charge in [0.2, 0.25) is 0 Å². The summed E-state index contributed by atoms with van der Waals surface area (Å²) in [6.45, 7) is 12.3. The number of carbonyl (C=O) groups excluding carboxylic acids is 2. The van der Waals surface area contributed by atoms with E-state index in [9.17, 15) is 9.59 Å². The van der Waals surface area contributed by atoms with Gasteiger partial charge in [-0.15, -0.1) is 0 Å². The van der Waals surface area contributed by atoms with Crippen LogP contribution in [0.1, 0.15) is 41.9 Å². The van der Waals surface area contributed by atoms with Gasteiger partial charge in [0.1, 0.15) is 6.04 Å². The van der Waals surface area contributed by atoms with Crippen LogP contribution in [0, 0.1) is 12.5 Å². The van der Waals surface area contributed by atoms with Crippen molar-refractivity contribution in [2.24, 2.45) is 5.92 Å². The highest BCUT2D eigenvalue weighted by atomic mass is 16.5. The Morgan fingerprint density at radius 3 is 2.48 bits per heavy atom. The summed E-state index contributed by atoms with van der Waals surface area (Å²) in [5.41, 5.74) is 4.81. The van der Waals surface area contributed by atoms with Crippen molar-refractivity contribution in [3.63, 3.8) is 0 Å². The molecule has 212 valence electrons. The number of hydrogen-bond acceptors (Lipinski definition) is 4. The van der Waals surface area contributed by atoms with Gasteiger partial charge in [0, 0.05) is 30.7 Å². The van der Waals surface area contributed by atoms with E-state index in [2.05, 4.69) is 31.8 Å². The van der Waals surface area contributed by atoms with Gasteiger partial charge in [-0.25, -0.2) is 14.6 Å². The van der Waals surface area contributed by atoms with Crippen LogP contribution in [0.2, 0.25) is 0 Å². The van der Waals surface area contributed by atoms with E-state index in [1.807, 2.05) is 91.6 Å². The fraction of sp³-hybridized carbons (Fsp3) is 0.235. The van der Waals surface area contributed by atoms with Crippen LogP contribution in [0.3, 0.4) is 0 Å². The third kappa shape index (κ3) is 6.26. The summed E-state index contributed by atoms with van der Waals surface area (Å²) in [7, 11) is 1.34. The first-order chi connectivity index (χ1) is 20.4. The molecule has 8 nitrogen and oxygen atoms in total. The maximum absolute atomic E-state index is 13.8. The molecule has 1 atom stereocenters. The number of aromatic nitrogens is 3. The van der Waals surface area contributed by atoms with E-state index >= 15 is 0 Å². The molecule has 1 amide bonds. The summed E-state index contributed by atoms with van der Waals surface area (Å²) in [5, 5.41) is 5.04. The molecular formula is C34H33N5O3. The van der Waals surface area contributed by atoms with Gasteiger partial charge < -0.3 is 19.2 Å². The highest BCUT2D eigenvalue weighted by Crippen LogP contribution is 2.32. The average Bonchev–Trinajstić information content (AvgIpc) is 3.63. The van der Waals surface area contributed by atoms with E-state index in [1.165, 1.54) is 7.11 Å². The van der Waals surface area contributed by atoms with Crippen LogP contribution in [-0.2, 0) is 22.6 Å². The third-order valence-electron chi connectivity index (χ3n) is 7.26. The lowest BCUT2D eigenvalue weighted by Crippen LogP contribution is -2.42. The Labute approximate surface area is 245 Å². The summed E-state index contributed by atoms with van der Waals surface area (Å²) in [6, 6.07) is 20.9. The van der Waals surface area contributed by atoms with Gasteiger partial charge in [-0.05, 0) is 34.2 Å². The second kappa shape index (κ2) is 12.6. The molecule has 1 unspecified atom stereocenters. The highest BCUT2D eigenvalue weighted by Gasteiger charge is 2.26. The molecule has 2 heterocycles. The standard InChI is InChI=1S/C34H33N5O3/c1-23(2)16-32(34(41)42-4)37-33(40)31-21-38(20-30(31)29-11-7-9-25-8-5-6-10-28(25)29)19-27-17-36-22-39(27)18-24-12-14-26(35-3)15-13-24/h5-15,17,20-23,32H,16,18-19H2,1-2,4H3,(H,37,40). The van der Waals surface area contributed by atoms with Crippen LogP contribution in [0.15, 0.2) is 91.6 Å². The summed E-state index contributed by atoms with van der Waals surface area (Å²) < 4.78 is 9.03. The number of fused-ring (bicyclic) bond motifs is 1. The topological polar surface area (TPSA) is 82.5 Å². The summed E-state index contributed by atoms with van der Waals surface area (Å²) >= 11 is 0. The Bertz CT molecular complexity index is 1750. The van der Waals surface area contributed by atoms with Gasteiger partial charge in [0.25, 0.3) is 5.91 Å². The lowest BCUT2D eigenvalue weighted by atomic mass is 9.97. The van der Waals surface area contributed by atoms with Gasteiger partial charge in [0.05, 0.1) is 37.8 Å². The second-order valence-electron chi connectivity index (χ2n) is 10.8. The normalized spacial score (nSPS) is 11.8. The number of methoxy groups -OCH3 is 1. The molecule has 8 heteroatoms. The van der Waals surface area contributed by atoms with Gasteiger partial charge >= 0.3 is 5.97 Å². The number of nitrogens with one attached hydrogen (secondary N) is 1. The lowest BCUT2D eigenvalue weighted by Gasteiger charge is -2.18. The number of ether oxygens (including phenoxy) is 1. The largest absolute Gasteiger partial charge is 0.467 e. The maximum atomic E-state index is 13.8. The Balaban J connectivity index is 1.51. The number of rotatable bonds is 10. The molecule has 2 aromatic heterocycles. The molecule has 0 aliphatic heterocycles. The van der Waals surface area contributed by atoms with Gasteiger partial charge in [-0.3, -0.25) is 4.79 Å². The number of carbonyl (C=O) groups is 2. The zero-order valence-corrected chi connectivity index (χ0v) is 23.9. The molecule has 0 aliphatic carbocycles. The zero-order valence-electron chi connectivity index (χ0n) is 23.9. The number of esters is 1. The van der Waals surface area contributed by atoms with Crippen LogP contribution >= 0.6 is 0 Å². The molecule has 1 N–H and O–H groups in total. The van der Waals surface area contributed by atoms with E-state index in [0.717, 1.165) is 33.2 Å². The van der Waals surface area contributed by atoms with Crippen molar-refractivity contribution < 1.29 is 14.3 Å². The van der Waals surface area contributed by atoms with Gasteiger partial charge in [-0.2, -0.15) is 0 Å². The van der Waals surface area contributed by atoms with E-state index in [4.69, 9.17) is 11.3 Å². The van der Waals surface area contributed by atoms with E-state index in [1.54, 1.807) is 6.33 Å². The number of imidazole rings is 1. The second-order valence-corrected chi connectivity index (χ2v) is 10.8. The highest BCUT2D eigenvalue weighted by molar-refractivity contribution is 6.06. The van der Waals surface area contributed by atoms with Crippen LogP contribution in [0.4, 0.5) is 5.69 Å². The minimum atomic E-state index is -0.748. The van der Waals surface area contributed by atoms with E-state index < -0.39 is 12.0 Å². The third-order valence-corrected chi connectivity index (χ3v) is 7.26. The van der Waals surface area contributed by atoms with Crippen LogP contribution in [0.5, 0.6) is 0 Å². The van der Waals surface area contributed by atoms with Crippen molar-refractivity contribution in [3.05, 3.63) is 120 Å². The number of nitrogens with zero attached hydrogens (tertiary/aromatic N) is 4. The average molecular weight is 560 g/mol. The monoisotopic (exact) mass is 559 g/mol. The number of amides is 1. The zero-order chi connectivity index (χ0) is 29.6. The fourth-order valence-corrected chi connectivity index (χ4v) is 5.20. The van der Waals surface area contributed by atoms with Crippen molar-refractivity contribution in [2.45, 2.75) is 39.4 Å². The molecule has 0 fully saturated rings. The Hall–Kier alpha value is -5.16. The molecule has 5 aromatic rings. The van der Waals surface area contributed by atoms with E-state index in [-0.39, 0.29) is 11.8 Å². The molecule has 3 aromatic carbocycles. The Morgan fingerprint density at radius 2 is 1.74 bits per heavy atom. The fourth-order valence-electron chi connectivity index (χ4n) is 5.20. The minimum Gasteiger partial charge on any atom is -0.467 e. The van der Waals surface area contributed by atoms with Crippen LogP contribution < -0.4 is 5.32 Å². The van der Waals surface area contributed by atoms with Crippen molar-refractivity contribution in [3.8, 4) is 11.1 Å². The molecule has 0 radical (unpaired) electrons. The maximum Gasteiger partial charge on any atom is 0.328 e. The quantitative estimate of drug-likeness (QED) is 0.157.